The molecule has 0 amide bonds. The van der Waals surface area contributed by atoms with E-state index in [0.29, 0.717) is 0 Å². The molecular weight excluding hydrogens is 410 g/mol. The van der Waals surface area contributed by atoms with E-state index in [1.807, 2.05) is 29.7 Å². The summed E-state index contributed by atoms with van der Waals surface area (Å²) in [6, 6.07) is 26.0. The van der Waals surface area contributed by atoms with Crippen molar-refractivity contribution in [1.29, 1.82) is 0 Å². The molecule has 0 aliphatic rings. The first-order chi connectivity index (χ1) is 15.5. The Balaban J connectivity index is 1.60. The number of rotatable bonds is 2. The fraction of sp³-hybridized carbons (Fsp3) is 0.138. The summed E-state index contributed by atoms with van der Waals surface area (Å²) in [6.07, 6.45) is 3.69. The molecule has 6 rings (SSSR count). The summed E-state index contributed by atoms with van der Waals surface area (Å²) in [5.74, 6) is 0. The van der Waals surface area contributed by atoms with E-state index in [1.54, 1.807) is 6.26 Å². The van der Waals surface area contributed by atoms with Crippen molar-refractivity contribution in [2.24, 2.45) is 0 Å². The highest BCUT2D eigenvalue weighted by molar-refractivity contribution is 7.22. The van der Waals surface area contributed by atoms with E-state index in [9.17, 15) is 0 Å². The lowest BCUT2D eigenvalue weighted by Crippen LogP contribution is -2.12. The van der Waals surface area contributed by atoms with Gasteiger partial charge < -0.3 is 4.42 Å². The number of hydrogen-bond donors (Lipinski definition) is 0. The number of nitrogens with zero attached hydrogens (tertiary/aromatic N) is 1. The second-order valence-corrected chi connectivity index (χ2v) is 10.4. The van der Waals surface area contributed by atoms with E-state index in [0.717, 1.165) is 16.7 Å². The van der Waals surface area contributed by atoms with Crippen LogP contribution in [0.4, 0.5) is 0 Å². The number of fused-ring (bicyclic) bond motifs is 3. The van der Waals surface area contributed by atoms with Crippen LogP contribution in [0.15, 0.2) is 89.7 Å². The van der Waals surface area contributed by atoms with E-state index in [4.69, 9.17) is 9.40 Å². The van der Waals surface area contributed by atoms with E-state index in [2.05, 4.69) is 81.4 Å². The van der Waals surface area contributed by atoms with Gasteiger partial charge >= 0.3 is 0 Å². The molecule has 3 aromatic carbocycles. The van der Waals surface area contributed by atoms with Crippen molar-refractivity contribution in [3.05, 3.63) is 90.8 Å². The van der Waals surface area contributed by atoms with Gasteiger partial charge in [0.1, 0.15) is 5.58 Å². The van der Waals surface area contributed by atoms with Crippen LogP contribution in [0.2, 0.25) is 0 Å². The molecule has 0 spiro atoms. The van der Waals surface area contributed by atoms with Crippen LogP contribution in [0.3, 0.4) is 0 Å². The lowest BCUT2D eigenvalue weighted by molar-refractivity contribution is 0.596. The average molecular weight is 434 g/mol. The molecule has 0 aliphatic carbocycles. The quantitative estimate of drug-likeness (QED) is 0.273. The van der Waals surface area contributed by atoms with Crippen LogP contribution >= 0.6 is 11.3 Å². The highest BCUT2D eigenvalue weighted by atomic mass is 32.1. The second-order valence-electron chi connectivity index (χ2n) is 9.31. The normalized spacial score (nSPS) is 12.2. The molecule has 0 fully saturated rings. The third-order valence-electron chi connectivity index (χ3n) is 6.15. The van der Waals surface area contributed by atoms with Crippen LogP contribution in [0.5, 0.6) is 0 Å². The fourth-order valence-corrected chi connectivity index (χ4v) is 5.70. The number of hydrogen-bond acceptors (Lipinski definition) is 3. The van der Waals surface area contributed by atoms with Gasteiger partial charge in [0.05, 0.1) is 12.0 Å². The molecule has 3 aromatic heterocycles. The monoisotopic (exact) mass is 433 g/mol. The number of pyridine rings is 1. The number of aromatic nitrogens is 1. The zero-order valence-corrected chi connectivity index (χ0v) is 19.2. The van der Waals surface area contributed by atoms with Crippen LogP contribution < -0.4 is 0 Å². The molecule has 0 saturated heterocycles. The fourth-order valence-electron chi connectivity index (χ4n) is 4.60. The largest absolute Gasteiger partial charge is 0.464 e. The van der Waals surface area contributed by atoms with Crippen molar-refractivity contribution < 1.29 is 4.42 Å². The van der Waals surface area contributed by atoms with Gasteiger partial charge in [-0.2, -0.15) is 0 Å². The maximum Gasteiger partial charge on any atom is 0.134 e. The van der Waals surface area contributed by atoms with Crippen molar-refractivity contribution in [2.75, 3.05) is 0 Å². The molecule has 0 bridgehead atoms. The van der Waals surface area contributed by atoms with Gasteiger partial charge in [0.15, 0.2) is 0 Å². The summed E-state index contributed by atoms with van der Waals surface area (Å²) in [7, 11) is 0. The first-order valence-electron chi connectivity index (χ1n) is 10.9. The van der Waals surface area contributed by atoms with Crippen LogP contribution in [-0.2, 0) is 5.41 Å². The van der Waals surface area contributed by atoms with Crippen LogP contribution in [0.1, 0.15) is 26.3 Å². The zero-order chi connectivity index (χ0) is 21.9. The SMILES string of the molecule is CC(C)(C)c1cc(-c2nccc3sc(-c4cccc5occc45)cc23)cc2ccccc12. The number of furan rings is 1. The molecule has 0 N–H and O–H groups in total. The minimum atomic E-state index is 0.0419. The van der Waals surface area contributed by atoms with Crippen molar-refractivity contribution in [3.63, 3.8) is 0 Å². The van der Waals surface area contributed by atoms with Gasteiger partial charge in [0, 0.05) is 37.7 Å². The van der Waals surface area contributed by atoms with E-state index < -0.39 is 0 Å². The maximum absolute atomic E-state index is 5.63. The minimum absolute atomic E-state index is 0.0419. The summed E-state index contributed by atoms with van der Waals surface area (Å²) >= 11 is 1.81. The van der Waals surface area contributed by atoms with E-state index in [1.165, 1.54) is 42.4 Å². The summed E-state index contributed by atoms with van der Waals surface area (Å²) in [6.45, 7) is 6.84. The first-order valence-corrected chi connectivity index (χ1v) is 11.7. The Morgan fingerprint density at radius 2 is 1.69 bits per heavy atom. The molecule has 0 aliphatic heterocycles. The Morgan fingerprint density at radius 1 is 0.812 bits per heavy atom. The van der Waals surface area contributed by atoms with Crippen molar-refractivity contribution in [1.82, 2.24) is 4.98 Å². The zero-order valence-electron chi connectivity index (χ0n) is 18.3. The van der Waals surface area contributed by atoms with Gasteiger partial charge in [0.25, 0.3) is 0 Å². The lowest BCUT2D eigenvalue weighted by Gasteiger charge is -2.22. The third kappa shape index (κ3) is 3.04. The van der Waals surface area contributed by atoms with Crippen LogP contribution in [0, 0.1) is 0 Å². The standard InChI is InChI=1S/C29H23NOS/c1-29(2,3)24-16-19(15-18-7-4-5-8-20(18)24)28-23-17-27(32-26(23)11-13-30-28)22-9-6-10-25-21(22)12-14-31-25/h4-17H,1-3H3. The highest BCUT2D eigenvalue weighted by Gasteiger charge is 2.20. The Bertz CT molecular complexity index is 1610. The maximum atomic E-state index is 5.63. The first kappa shape index (κ1) is 19.3. The number of benzene rings is 3. The molecular formula is C29H23NOS. The Labute approximate surface area is 191 Å². The molecule has 0 radical (unpaired) electrons. The second kappa shape index (κ2) is 7.04. The Kier molecular flexibility index (Phi) is 4.24. The molecule has 3 heteroatoms. The molecule has 0 atom stereocenters. The Hall–Kier alpha value is -3.43. The minimum Gasteiger partial charge on any atom is -0.464 e. The van der Waals surface area contributed by atoms with E-state index in [-0.39, 0.29) is 5.41 Å². The van der Waals surface area contributed by atoms with Gasteiger partial charge in [-0.15, -0.1) is 11.3 Å². The summed E-state index contributed by atoms with van der Waals surface area (Å²) in [4.78, 5) is 6.09. The van der Waals surface area contributed by atoms with Gasteiger partial charge in [-0.25, -0.2) is 0 Å². The molecule has 32 heavy (non-hydrogen) atoms. The topological polar surface area (TPSA) is 26.0 Å². The van der Waals surface area contributed by atoms with E-state index >= 15 is 0 Å². The molecule has 2 nitrogen and oxygen atoms in total. The summed E-state index contributed by atoms with van der Waals surface area (Å²) in [5, 5.41) is 4.92. The molecule has 0 unspecified atom stereocenters. The van der Waals surface area contributed by atoms with Crippen molar-refractivity contribution >= 4 is 43.2 Å². The summed E-state index contributed by atoms with van der Waals surface area (Å²) < 4.78 is 6.87. The predicted molar refractivity (Wildman–Crippen MR) is 136 cm³/mol. The molecule has 3 heterocycles. The van der Waals surface area contributed by atoms with Crippen LogP contribution in [-0.4, -0.2) is 4.98 Å². The molecule has 6 aromatic rings. The van der Waals surface area contributed by atoms with Gasteiger partial charge in [-0.1, -0.05) is 57.2 Å². The van der Waals surface area contributed by atoms with Crippen molar-refractivity contribution in [3.8, 4) is 21.7 Å². The van der Waals surface area contributed by atoms with Gasteiger partial charge in [0.2, 0.25) is 0 Å². The van der Waals surface area contributed by atoms with Crippen LogP contribution in [0.25, 0.3) is 53.5 Å². The third-order valence-corrected chi connectivity index (χ3v) is 7.28. The smallest absolute Gasteiger partial charge is 0.134 e. The van der Waals surface area contributed by atoms with Crippen molar-refractivity contribution in [2.45, 2.75) is 26.2 Å². The lowest BCUT2D eigenvalue weighted by atomic mass is 9.82. The Morgan fingerprint density at radius 3 is 2.56 bits per heavy atom. The predicted octanol–water partition coefficient (Wildman–Crippen LogP) is 8.83. The molecule has 156 valence electrons. The highest BCUT2D eigenvalue weighted by Crippen LogP contribution is 2.42. The van der Waals surface area contributed by atoms with Gasteiger partial charge in [-0.3, -0.25) is 4.98 Å². The number of thiophene rings is 1. The summed E-state index contributed by atoms with van der Waals surface area (Å²) in [5.41, 5.74) is 5.73. The van der Waals surface area contributed by atoms with Gasteiger partial charge in [-0.05, 0) is 58.1 Å². The molecule has 0 saturated carbocycles. The average Bonchev–Trinajstić information content (AvgIpc) is 3.44.